The van der Waals surface area contributed by atoms with E-state index < -0.39 is 11.0 Å². The maximum Gasteiger partial charge on any atom is 0.124 e. The normalized spacial score (nSPS) is 29.2. The van der Waals surface area contributed by atoms with Gasteiger partial charge < -0.3 is 9.84 Å². The maximum atomic E-state index is 11.2. The van der Waals surface area contributed by atoms with Crippen LogP contribution in [-0.4, -0.2) is 12.2 Å². The van der Waals surface area contributed by atoms with Crippen molar-refractivity contribution in [3.05, 3.63) is 29.8 Å². The Labute approximate surface area is 121 Å². The molecule has 1 fully saturated rings. The predicted octanol–water partition coefficient (Wildman–Crippen LogP) is 3.62. The first kappa shape index (κ1) is 14.9. The minimum Gasteiger partial charge on any atom is -0.496 e. The quantitative estimate of drug-likeness (QED) is 0.915. The van der Waals surface area contributed by atoms with Gasteiger partial charge in [-0.15, -0.1) is 0 Å². The fourth-order valence-electron chi connectivity index (χ4n) is 3.51. The fraction of sp³-hybridized carbons (Fsp3) is 0.588. The van der Waals surface area contributed by atoms with Crippen LogP contribution in [-0.2, 0) is 5.60 Å². The molecule has 3 heteroatoms. The molecule has 0 aliphatic heterocycles. The van der Waals surface area contributed by atoms with Crippen molar-refractivity contribution in [3.63, 3.8) is 0 Å². The van der Waals surface area contributed by atoms with Gasteiger partial charge in [-0.05, 0) is 31.7 Å². The molecule has 3 unspecified atom stereocenters. The van der Waals surface area contributed by atoms with Crippen LogP contribution in [0.1, 0.15) is 45.1 Å². The van der Waals surface area contributed by atoms with Crippen LogP contribution < -0.4 is 4.74 Å². The van der Waals surface area contributed by atoms with E-state index in [0.29, 0.717) is 17.2 Å². The Morgan fingerprint density at radius 2 is 2.15 bits per heavy atom. The summed E-state index contributed by atoms with van der Waals surface area (Å²) < 4.78 is 5.37. The highest BCUT2D eigenvalue weighted by Gasteiger charge is 2.51. The first-order chi connectivity index (χ1) is 9.47. The highest BCUT2D eigenvalue weighted by molar-refractivity contribution is 5.40. The van der Waals surface area contributed by atoms with E-state index in [0.717, 1.165) is 25.7 Å². The lowest BCUT2D eigenvalue weighted by molar-refractivity contribution is -0.0732. The van der Waals surface area contributed by atoms with Gasteiger partial charge in [-0.3, -0.25) is 0 Å². The molecule has 0 saturated heterocycles. The van der Waals surface area contributed by atoms with Gasteiger partial charge in [0.1, 0.15) is 11.4 Å². The van der Waals surface area contributed by atoms with E-state index in [2.05, 4.69) is 13.0 Å². The number of benzene rings is 1. The van der Waals surface area contributed by atoms with Gasteiger partial charge in [-0.2, -0.15) is 5.26 Å². The standard InChI is InChI=1S/C17H23NO2/c1-13-7-6-10-17(11-13,12-18)16(2,19)14-8-4-5-9-15(14)20-3/h4-5,8-9,13,19H,6-7,10-11H2,1-3H3. The van der Waals surface area contributed by atoms with E-state index in [-0.39, 0.29) is 0 Å². The average Bonchev–Trinajstić information content (AvgIpc) is 2.46. The minimum absolute atomic E-state index is 0.463. The summed E-state index contributed by atoms with van der Waals surface area (Å²) in [7, 11) is 1.59. The molecule has 0 amide bonds. The average molecular weight is 273 g/mol. The van der Waals surface area contributed by atoms with Crippen molar-refractivity contribution in [2.24, 2.45) is 11.3 Å². The molecule has 1 aliphatic rings. The van der Waals surface area contributed by atoms with Crippen molar-refractivity contribution in [1.82, 2.24) is 0 Å². The number of methoxy groups -OCH3 is 1. The number of aliphatic hydroxyl groups is 1. The molecule has 1 aliphatic carbocycles. The van der Waals surface area contributed by atoms with Crippen molar-refractivity contribution in [2.75, 3.05) is 7.11 Å². The fourth-order valence-corrected chi connectivity index (χ4v) is 3.51. The Balaban J connectivity index is 2.49. The van der Waals surface area contributed by atoms with E-state index in [1.165, 1.54) is 0 Å². The number of hydrogen-bond donors (Lipinski definition) is 1. The molecule has 3 atom stereocenters. The van der Waals surface area contributed by atoms with E-state index in [4.69, 9.17) is 4.74 Å². The number of para-hydroxylation sites is 1. The highest BCUT2D eigenvalue weighted by Crippen LogP contribution is 2.52. The molecule has 20 heavy (non-hydrogen) atoms. The number of hydrogen-bond acceptors (Lipinski definition) is 3. The first-order valence-corrected chi connectivity index (χ1v) is 7.24. The summed E-state index contributed by atoms with van der Waals surface area (Å²) in [6.07, 6.45) is 3.58. The lowest BCUT2D eigenvalue weighted by atomic mass is 9.60. The Hall–Kier alpha value is -1.53. The van der Waals surface area contributed by atoms with Crippen molar-refractivity contribution < 1.29 is 9.84 Å². The molecule has 1 aromatic carbocycles. The lowest BCUT2D eigenvalue weighted by Crippen LogP contribution is -2.45. The summed E-state index contributed by atoms with van der Waals surface area (Å²) in [4.78, 5) is 0. The molecular formula is C17H23NO2. The summed E-state index contributed by atoms with van der Waals surface area (Å²) in [5.41, 5.74) is -1.24. The number of rotatable bonds is 3. The van der Waals surface area contributed by atoms with Gasteiger partial charge in [0.25, 0.3) is 0 Å². The summed E-state index contributed by atoms with van der Waals surface area (Å²) in [5.74, 6) is 1.11. The first-order valence-electron chi connectivity index (χ1n) is 7.24. The van der Waals surface area contributed by atoms with Crippen LogP contribution in [0.25, 0.3) is 0 Å². The third kappa shape index (κ3) is 2.29. The van der Waals surface area contributed by atoms with Gasteiger partial charge in [0.05, 0.1) is 18.6 Å². The predicted molar refractivity (Wildman–Crippen MR) is 78.2 cm³/mol. The molecular weight excluding hydrogens is 250 g/mol. The van der Waals surface area contributed by atoms with Gasteiger partial charge in [-0.25, -0.2) is 0 Å². The second-order valence-electron chi connectivity index (χ2n) is 6.17. The topological polar surface area (TPSA) is 53.2 Å². The molecule has 1 saturated carbocycles. The molecule has 1 N–H and O–H groups in total. The number of ether oxygens (including phenoxy) is 1. The Morgan fingerprint density at radius 3 is 2.75 bits per heavy atom. The minimum atomic E-state index is -1.21. The largest absolute Gasteiger partial charge is 0.496 e. The van der Waals surface area contributed by atoms with Crippen molar-refractivity contribution >= 4 is 0 Å². The van der Waals surface area contributed by atoms with Crippen LogP contribution in [0.2, 0.25) is 0 Å². The van der Waals surface area contributed by atoms with Crippen LogP contribution in [0.4, 0.5) is 0 Å². The van der Waals surface area contributed by atoms with Crippen molar-refractivity contribution in [2.45, 2.75) is 45.1 Å². The second-order valence-corrected chi connectivity index (χ2v) is 6.17. The van der Waals surface area contributed by atoms with Gasteiger partial charge in [0.2, 0.25) is 0 Å². The Morgan fingerprint density at radius 1 is 1.45 bits per heavy atom. The number of nitrogens with zero attached hydrogens (tertiary/aromatic N) is 1. The van der Waals surface area contributed by atoms with Crippen LogP contribution in [0, 0.1) is 22.7 Å². The van der Waals surface area contributed by atoms with Crippen molar-refractivity contribution in [1.29, 1.82) is 5.26 Å². The van der Waals surface area contributed by atoms with Gasteiger partial charge >= 0.3 is 0 Å². The van der Waals surface area contributed by atoms with Crippen LogP contribution in [0.3, 0.4) is 0 Å². The summed E-state index contributed by atoms with van der Waals surface area (Å²) in [6.45, 7) is 3.91. The molecule has 0 spiro atoms. The zero-order valence-corrected chi connectivity index (χ0v) is 12.5. The number of nitriles is 1. The van der Waals surface area contributed by atoms with Gasteiger partial charge in [-0.1, -0.05) is 38.0 Å². The summed E-state index contributed by atoms with van der Waals surface area (Å²) in [6, 6.07) is 9.88. The van der Waals surface area contributed by atoms with E-state index in [1.54, 1.807) is 14.0 Å². The third-order valence-corrected chi connectivity index (χ3v) is 4.77. The molecule has 2 rings (SSSR count). The molecule has 0 radical (unpaired) electrons. The summed E-state index contributed by atoms with van der Waals surface area (Å²) >= 11 is 0. The Bertz CT molecular complexity index is 518. The molecule has 1 aromatic rings. The smallest absolute Gasteiger partial charge is 0.124 e. The summed E-state index contributed by atoms with van der Waals surface area (Å²) in [5, 5.41) is 21.0. The van der Waals surface area contributed by atoms with Crippen LogP contribution in [0.5, 0.6) is 5.75 Å². The van der Waals surface area contributed by atoms with E-state index in [1.807, 2.05) is 24.3 Å². The monoisotopic (exact) mass is 273 g/mol. The zero-order valence-electron chi connectivity index (χ0n) is 12.5. The highest BCUT2D eigenvalue weighted by atomic mass is 16.5. The lowest BCUT2D eigenvalue weighted by Gasteiger charge is -2.45. The third-order valence-electron chi connectivity index (χ3n) is 4.77. The van der Waals surface area contributed by atoms with Crippen LogP contribution in [0.15, 0.2) is 24.3 Å². The van der Waals surface area contributed by atoms with E-state index >= 15 is 0 Å². The van der Waals surface area contributed by atoms with Crippen LogP contribution >= 0.6 is 0 Å². The zero-order chi connectivity index (χ0) is 14.8. The molecule has 0 bridgehead atoms. The molecule has 108 valence electrons. The van der Waals surface area contributed by atoms with E-state index in [9.17, 15) is 10.4 Å². The van der Waals surface area contributed by atoms with Gasteiger partial charge in [0, 0.05) is 5.56 Å². The van der Waals surface area contributed by atoms with Crippen molar-refractivity contribution in [3.8, 4) is 11.8 Å². The second kappa shape index (κ2) is 5.46. The molecule has 0 aromatic heterocycles. The van der Waals surface area contributed by atoms with Gasteiger partial charge in [0.15, 0.2) is 0 Å². The maximum absolute atomic E-state index is 11.2. The molecule has 3 nitrogen and oxygen atoms in total. The Kier molecular flexibility index (Phi) is 4.06. The molecule has 0 heterocycles. The SMILES string of the molecule is COc1ccccc1C(C)(O)C1(C#N)CCCC(C)C1.